The second kappa shape index (κ2) is 66.6. The van der Waals surface area contributed by atoms with Crippen LogP contribution in [0.1, 0.15) is 322 Å². The average Bonchev–Trinajstić information content (AvgIpc) is 3.70. The van der Waals surface area contributed by atoms with Gasteiger partial charge in [-0.15, -0.1) is 0 Å². The first-order chi connectivity index (χ1) is 42.0. The van der Waals surface area contributed by atoms with Gasteiger partial charge in [0.05, 0.1) is 39.9 Å². The van der Waals surface area contributed by atoms with Crippen molar-refractivity contribution in [2.24, 2.45) is 0 Å². The first kappa shape index (κ1) is 83.2. The maximum absolute atomic E-state index is 13.1. The van der Waals surface area contributed by atoms with Crippen LogP contribution in [-0.4, -0.2) is 73.4 Å². The Labute approximate surface area is 533 Å². The lowest BCUT2D eigenvalue weighted by Gasteiger charge is -2.25. The zero-order valence-corrected chi connectivity index (χ0v) is 57.9. The topological polar surface area (TPSA) is 105 Å². The number of phosphoric acid groups is 1. The molecule has 0 saturated carbocycles. The monoisotopic (exact) mass is 1220 g/mol. The van der Waals surface area contributed by atoms with Crippen LogP contribution in [-0.2, 0) is 18.4 Å². The van der Waals surface area contributed by atoms with Gasteiger partial charge in [0.15, 0.2) is 0 Å². The fraction of sp³-hybridized carbons (Fsp3) is 0.753. The molecule has 498 valence electrons. The Morgan fingerprint density at radius 3 is 1.02 bits per heavy atom. The summed E-state index contributed by atoms with van der Waals surface area (Å²) in [5.74, 6) is -0.177. The number of nitrogens with one attached hydrogen (secondary N) is 1. The number of aliphatic hydroxyl groups is 1. The number of aliphatic hydroxyl groups excluding tert-OH is 1. The van der Waals surface area contributed by atoms with Gasteiger partial charge < -0.3 is 19.8 Å². The molecule has 8 nitrogen and oxygen atoms in total. The van der Waals surface area contributed by atoms with Crippen molar-refractivity contribution in [1.29, 1.82) is 0 Å². The number of carbonyl (C=O) groups is 1. The SMILES string of the molecule is CC/C=C\C/C=C\C/C=C\C/C=C\C/C=C\C/C=C\C/C=C\C/C=C\CCCCCCCCCCCCCCCCC(=O)NC(COP(=O)(O)OCC[N+](C)(C)C)C(O)/C=C/CCCCCCCCCCCCCCCCCCCCCCCCC. The number of amides is 1. The van der Waals surface area contributed by atoms with E-state index in [1.807, 2.05) is 27.2 Å². The number of quaternary nitrogens is 1. The lowest BCUT2D eigenvalue weighted by atomic mass is 10.0. The van der Waals surface area contributed by atoms with Crippen LogP contribution >= 0.6 is 7.82 Å². The van der Waals surface area contributed by atoms with Gasteiger partial charge in [-0.05, 0) is 83.5 Å². The highest BCUT2D eigenvalue weighted by Crippen LogP contribution is 2.43. The number of carbonyl (C=O) groups excluding carboxylic acids is 1. The van der Waals surface area contributed by atoms with Crippen LogP contribution < -0.4 is 5.32 Å². The van der Waals surface area contributed by atoms with E-state index in [0.717, 1.165) is 89.9 Å². The molecule has 3 unspecified atom stereocenters. The standard InChI is InChI=1S/C77H139N2O6P/c1-6-8-10-12-14-16-18-20-22-24-26-28-30-32-33-34-35-36-37-38-39-40-41-42-43-44-45-47-49-51-53-55-57-59-61-63-65-67-69-71-77(81)78-75(74-85-86(82,83)84-73-72-79(3,4)5)76(80)70-68-66-64-62-60-58-56-54-52-50-48-46-31-29-27-25-23-21-19-17-15-13-11-9-7-2/h8,10,14,16,20,22,26,28,32-33,35-36,38-39,41-42,68,70,75-76,80H,6-7,9,11-13,15,17-19,21,23-25,27,29-31,34,37,40,43-67,69,71-74H2,1-5H3,(H-,78,81,82,83)/p+1/b10-8-,16-14-,22-20-,28-26-,33-32-,36-35-,39-38-,42-41-,70-68+. The van der Waals surface area contributed by atoms with Crippen molar-refractivity contribution >= 4 is 13.7 Å². The summed E-state index contributed by atoms with van der Waals surface area (Å²) in [5, 5.41) is 14.0. The normalized spacial score (nSPS) is 14.3. The van der Waals surface area contributed by atoms with Crippen molar-refractivity contribution in [3.63, 3.8) is 0 Å². The number of hydrogen-bond acceptors (Lipinski definition) is 5. The highest BCUT2D eigenvalue weighted by atomic mass is 31.2. The molecule has 0 aromatic carbocycles. The lowest BCUT2D eigenvalue weighted by Crippen LogP contribution is -2.45. The number of nitrogens with zero attached hydrogens (tertiary/aromatic N) is 1. The van der Waals surface area contributed by atoms with E-state index < -0.39 is 20.0 Å². The Morgan fingerprint density at radius 2 is 0.698 bits per heavy atom. The summed E-state index contributed by atoms with van der Waals surface area (Å²) in [5.41, 5.74) is 0. The number of phosphoric ester groups is 1. The molecular weight excluding hydrogens is 1080 g/mol. The molecular formula is C77H140N2O6P+. The molecule has 0 aromatic heterocycles. The van der Waals surface area contributed by atoms with Crippen molar-refractivity contribution in [3.05, 3.63) is 109 Å². The third-order valence-electron chi connectivity index (χ3n) is 16.0. The summed E-state index contributed by atoms with van der Waals surface area (Å²) < 4.78 is 23.8. The van der Waals surface area contributed by atoms with Gasteiger partial charge in [-0.25, -0.2) is 4.57 Å². The molecule has 3 N–H and O–H groups in total. The van der Waals surface area contributed by atoms with Gasteiger partial charge in [0.1, 0.15) is 13.2 Å². The quantitative estimate of drug-likeness (QED) is 0.0243. The number of unbranched alkanes of at least 4 members (excludes halogenated alkanes) is 37. The van der Waals surface area contributed by atoms with E-state index in [0.29, 0.717) is 17.4 Å². The molecule has 1 amide bonds. The van der Waals surface area contributed by atoms with Crippen LogP contribution in [0.25, 0.3) is 0 Å². The molecule has 0 bridgehead atoms. The Hall–Kier alpha value is -2.84. The summed E-state index contributed by atoms with van der Waals surface area (Å²) in [6, 6.07) is -0.854. The van der Waals surface area contributed by atoms with Gasteiger partial charge in [-0.2, -0.15) is 0 Å². The molecule has 0 fully saturated rings. The van der Waals surface area contributed by atoms with Crippen LogP contribution in [0.5, 0.6) is 0 Å². The second-order valence-electron chi connectivity index (χ2n) is 25.6. The molecule has 0 aliphatic rings. The van der Waals surface area contributed by atoms with Crippen LogP contribution in [0.15, 0.2) is 109 Å². The maximum Gasteiger partial charge on any atom is 0.472 e. The minimum absolute atomic E-state index is 0.0587. The van der Waals surface area contributed by atoms with Gasteiger partial charge in [0.2, 0.25) is 5.91 Å². The van der Waals surface area contributed by atoms with E-state index in [-0.39, 0.29) is 19.1 Å². The van der Waals surface area contributed by atoms with Crippen molar-refractivity contribution in [1.82, 2.24) is 5.32 Å². The summed E-state index contributed by atoms with van der Waals surface area (Å²) >= 11 is 0. The first-order valence-electron chi connectivity index (χ1n) is 36.3. The number of allylic oxidation sites excluding steroid dienone is 17. The summed E-state index contributed by atoms with van der Waals surface area (Å²) in [4.78, 5) is 23.4. The number of likely N-dealkylation sites (N-methyl/N-ethyl adjacent to an activating group) is 1. The molecule has 3 atom stereocenters. The van der Waals surface area contributed by atoms with Crippen molar-refractivity contribution in [2.45, 2.75) is 334 Å². The van der Waals surface area contributed by atoms with Gasteiger partial charge in [-0.3, -0.25) is 13.8 Å². The van der Waals surface area contributed by atoms with Gasteiger partial charge >= 0.3 is 7.82 Å². The van der Waals surface area contributed by atoms with E-state index in [1.165, 1.54) is 212 Å². The maximum atomic E-state index is 13.1. The second-order valence-corrected chi connectivity index (χ2v) is 27.0. The molecule has 0 aromatic rings. The fourth-order valence-electron chi connectivity index (χ4n) is 10.4. The fourth-order valence-corrected chi connectivity index (χ4v) is 11.2. The van der Waals surface area contributed by atoms with E-state index in [2.05, 4.69) is 116 Å². The van der Waals surface area contributed by atoms with Crippen LogP contribution in [0.4, 0.5) is 0 Å². The molecule has 0 radical (unpaired) electrons. The first-order valence-corrected chi connectivity index (χ1v) is 37.8. The van der Waals surface area contributed by atoms with Gasteiger partial charge in [-0.1, -0.05) is 342 Å². The van der Waals surface area contributed by atoms with Gasteiger partial charge in [0.25, 0.3) is 0 Å². The lowest BCUT2D eigenvalue weighted by molar-refractivity contribution is -0.870. The molecule has 0 aliphatic heterocycles. The number of rotatable bonds is 66. The predicted octanol–water partition coefficient (Wildman–Crippen LogP) is 23.4. The molecule has 0 aliphatic carbocycles. The van der Waals surface area contributed by atoms with Crippen LogP contribution in [0, 0.1) is 0 Å². The zero-order chi connectivity index (χ0) is 62.6. The van der Waals surface area contributed by atoms with Crippen LogP contribution in [0.3, 0.4) is 0 Å². The van der Waals surface area contributed by atoms with Crippen molar-refractivity contribution in [2.75, 3.05) is 40.9 Å². The van der Waals surface area contributed by atoms with Crippen LogP contribution in [0.2, 0.25) is 0 Å². The molecule has 9 heteroatoms. The smallest absolute Gasteiger partial charge is 0.387 e. The molecule has 0 heterocycles. The highest BCUT2D eigenvalue weighted by Gasteiger charge is 2.28. The highest BCUT2D eigenvalue weighted by molar-refractivity contribution is 7.47. The van der Waals surface area contributed by atoms with E-state index in [4.69, 9.17) is 9.05 Å². The minimum atomic E-state index is -4.36. The Bertz CT molecular complexity index is 1770. The zero-order valence-electron chi connectivity index (χ0n) is 57.0. The summed E-state index contributed by atoms with van der Waals surface area (Å²) in [6.07, 6.45) is 98.1. The third-order valence-corrected chi connectivity index (χ3v) is 17.0. The van der Waals surface area contributed by atoms with Crippen molar-refractivity contribution in [3.8, 4) is 0 Å². The van der Waals surface area contributed by atoms with Crippen molar-refractivity contribution < 1.29 is 32.9 Å². The summed E-state index contributed by atoms with van der Waals surface area (Å²) in [7, 11) is 1.57. The van der Waals surface area contributed by atoms with E-state index in [9.17, 15) is 19.4 Å². The Balaban J connectivity index is 4.06. The Morgan fingerprint density at radius 1 is 0.407 bits per heavy atom. The minimum Gasteiger partial charge on any atom is -0.387 e. The molecule has 0 rings (SSSR count). The van der Waals surface area contributed by atoms with E-state index in [1.54, 1.807) is 6.08 Å². The summed E-state index contributed by atoms with van der Waals surface area (Å²) in [6.45, 7) is 4.73. The molecule has 0 spiro atoms. The third kappa shape index (κ3) is 68.6. The van der Waals surface area contributed by atoms with E-state index >= 15 is 0 Å². The largest absolute Gasteiger partial charge is 0.472 e. The predicted molar refractivity (Wildman–Crippen MR) is 378 cm³/mol. The average molecular weight is 1220 g/mol. The number of hydrogen-bond donors (Lipinski definition) is 3. The molecule has 0 saturated heterocycles. The molecule has 86 heavy (non-hydrogen) atoms. The Kier molecular flexibility index (Phi) is 64.4. The van der Waals surface area contributed by atoms with Gasteiger partial charge in [0, 0.05) is 6.42 Å².